The van der Waals surface area contributed by atoms with E-state index < -0.39 is 36.1 Å². The molecule has 1 spiro atoms. The number of likely N-dealkylation sites (N-methyl/N-ethyl adjacent to an activating group) is 1. The van der Waals surface area contributed by atoms with Crippen LogP contribution in [0.1, 0.15) is 50.2 Å². The highest BCUT2D eigenvalue weighted by molar-refractivity contribution is 6.08. The van der Waals surface area contributed by atoms with E-state index in [1.54, 1.807) is 13.1 Å². The van der Waals surface area contributed by atoms with Gasteiger partial charge in [0.05, 0.1) is 0 Å². The maximum atomic E-state index is 12.9. The standard InChI is InChI=1S/C22H29N3O5/c1-14-8-9-17(15(2)12-14)23-19(27)16(3)30-18(26)13-25-20(28)22(24(4)21(25)29)10-6-5-7-11-22/h8-9,12,16H,5-7,10-11,13H2,1-4H3,(H,23,27)/t16-/m0/s1. The van der Waals surface area contributed by atoms with Gasteiger partial charge in [-0.05, 0) is 45.2 Å². The van der Waals surface area contributed by atoms with Crippen molar-refractivity contribution in [2.45, 2.75) is 64.5 Å². The van der Waals surface area contributed by atoms with Crippen LogP contribution in [0, 0.1) is 13.8 Å². The Hall–Kier alpha value is -2.90. The van der Waals surface area contributed by atoms with Crippen LogP contribution in [-0.2, 0) is 19.1 Å². The second kappa shape index (κ2) is 8.45. The highest BCUT2D eigenvalue weighted by Gasteiger charge is 2.56. The maximum Gasteiger partial charge on any atom is 0.327 e. The first-order valence-electron chi connectivity index (χ1n) is 10.3. The van der Waals surface area contributed by atoms with Crippen molar-refractivity contribution in [3.05, 3.63) is 29.3 Å². The molecule has 2 aliphatic rings. The third-order valence-corrected chi connectivity index (χ3v) is 6.09. The molecule has 0 aromatic heterocycles. The largest absolute Gasteiger partial charge is 0.451 e. The summed E-state index contributed by atoms with van der Waals surface area (Å²) >= 11 is 0. The molecule has 4 amide bonds. The van der Waals surface area contributed by atoms with E-state index in [9.17, 15) is 19.2 Å². The van der Waals surface area contributed by atoms with Crippen molar-refractivity contribution in [1.82, 2.24) is 9.80 Å². The molecule has 8 nitrogen and oxygen atoms in total. The molecule has 1 saturated heterocycles. The number of esters is 1. The number of imide groups is 1. The summed E-state index contributed by atoms with van der Waals surface area (Å²) in [5.41, 5.74) is 1.77. The lowest BCUT2D eigenvalue weighted by Crippen LogP contribution is -2.49. The van der Waals surface area contributed by atoms with Crippen molar-refractivity contribution in [2.75, 3.05) is 18.9 Å². The Morgan fingerprint density at radius 2 is 1.83 bits per heavy atom. The second-order valence-corrected chi connectivity index (χ2v) is 8.26. The fraction of sp³-hybridized carbons (Fsp3) is 0.545. The van der Waals surface area contributed by atoms with Gasteiger partial charge in [0.1, 0.15) is 12.1 Å². The van der Waals surface area contributed by atoms with Gasteiger partial charge in [0.15, 0.2) is 6.10 Å². The van der Waals surface area contributed by atoms with Gasteiger partial charge in [0.2, 0.25) is 0 Å². The fourth-order valence-corrected chi connectivity index (χ4v) is 4.28. The van der Waals surface area contributed by atoms with E-state index in [4.69, 9.17) is 4.74 Å². The van der Waals surface area contributed by atoms with Crippen molar-refractivity contribution >= 4 is 29.5 Å². The minimum atomic E-state index is -1.06. The van der Waals surface area contributed by atoms with Crippen LogP contribution in [0.25, 0.3) is 0 Å². The Balaban J connectivity index is 1.60. The number of nitrogens with one attached hydrogen (secondary N) is 1. The average Bonchev–Trinajstić information content (AvgIpc) is 2.87. The SMILES string of the molecule is Cc1ccc(NC(=O)[C@H](C)OC(=O)CN2C(=O)N(C)C3(CCCCC3)C2=O)c(C)c1. The molecule has 0 radical (unpaired) electrons. The molecule has 3 rings (SSSR count). The third-order valence-electron chi connectivity index (χ3n) is 6.09. The molecule has 1 aromatic carbocycles. The molecule has 30 heavy (non-hydrogen) atoms. The molecular weight excluding hydrogens is 386 g/mol. The third kappa shape index (κ3) is 4.04. The minimum absolute atomic E-state index is 0.348. The zero-order valence-corrected chi connectivity index (χ0v) is 18.0. The summed E-state index contributed by atoms with van der Waals surface area (Å²) in [5, 5.41) is 2.74. The Labute approximate surface area is 176 Å². The van der Waals surface area contributed by atoms with Gasteiger partial charge in [-0.15, -0.1) is 0 Å². The van der Waals surface area contributed by atoms with Crippen LogP contribution >= 0.6 is 0 Å². The van der Waals surface area contributed by atoms with Gasteiger partial charge in [-0.1, -0.05) is 37.0 Å². The Morgan fingerprint density at radius 3 is 2.47 bits per heavy atom. The van der Waals surface area contributed by atoms with Gasteiger partial charge in [0, 0.05) is 12.7 Å². The molecule has 1 atom stereocenters. The monoisotopic (exact) mass is 415 g/mol. The minimum Gasteiger partial charge on any atom is -0.451 e. The molecule has 1 heterocycles. The van der Waals surface area contributed by atoms with Crippen molar-refractivity contribution in [1.29, 1.82) is 0 Å². The molecule has 162 valence electrons. The van der Waals surface area contributed by atoms with E-state index in [0.717, 1.165) is 35.3 Å². The van der Waals surface area contributed by atoms with Gasteiger partial charge in [-0.3, -0.25) is 19.3 Å². The molecule has 0 bridgehead atoms. The molecule has 8 heteroatoms. The van der Waals surface area contributed by atoms with Crippen LogP contribution in [0.2, 0.25) is 0 Å². The highest BCUT2D eigenvalue weighted by atomic mass is 16.5. The number of carbonyl (C=O) groups is 4. The number of rotatable bonds is 5. The Bertz CT molecular complexity index is 876. The van der Waals surface area contributed by atoms with Crippen molar-refractivity contribution < 1.29 is 23.9 Å². The number of anilines is 1. The zero-order chi connectivity index (χ0) is 22.1. The summed E-state index contributed by atoms with van der Waals surface area (Å²) in [6.07, 6.45) is 2.93. The smallest absolute Gasteiger partial charge is 0.327 e. The first-order valence-corrected chi connectivity index (χ1v) is 10.3. The number of amides is 4. The quantitative estimate of drug-likeness (QED) is 0.589. The maximum absolute atomic E-state index is 12.9. The zero-order valence-electron chi connectivity index (χ0n) is 18.0. The van der Waals surface area contributed by atoms with Gasteiger partial charge < -0.3 is 15.0 Å². The number of hydrogen-bond acceptors (Lipinski definition) is 5. The molecule has 0 unspecified atom stereocenters. The van der Waals surface area contributed by atoms with Crippen molar-refractivity contribution in [2.24, 2.45) is 0 Å². The number of hydrogen-bond donors (Lipinski definition) is 1. The van der Waals surface area contributed by atoms with E-state index in [1.807, 2.05) is 26.0 Å². The average molecular weight is 415 g/mol. The van der Waals surface area contributed by atoms with Crippen LogP contribution < -0.4 is 5.32 Å². The molecule has 2 fully saturated rings. The van der Waals surface area contributed by atoms with E-state index in [-0.39, 0.29) is 5.91 Å². The predicted octanol–water partition coefficient (Wildman–Crippen LogP) is 2.77. The Kier molecular flexibility index (Phi) is 6.14. The number of carbonyl (C=O) groups excluding carboxylic acids is 4. The van der Waals surface area contributed by atoms with Crippen molar-refractivity contribution in [3.63, 3.8) is 0 Å². The number of urea groups is 1. The summed E-state index contributed by atoms with van der Waals surface area (Å²) in [7, 11) is 1.61. The van der Waals surface area contributed by atoms with E-state index in [0.29, 0.717) is 18.5 Å². The van der Waals surface area contributed by atoms with E-state index >= 15 is 0 Å². The first kappa shape index (κ1) is 21.8. The second-order valence-electron chi connectivity index (χ2n) is 8.26. The van der Waals surface area contributed by atoms with Crippen LogP contribution in [0.15, 0.2) is 18.2 Å². The molecule has 1 aromatic rings. The van der Waals surface area contributed by atoms with Crippen LogP contribution in [-0.4, -0.2) is 58.8 Å². The molecule has 1 aliphatic carbocycles. The van der Waals surface area contributed by atoms with Gasteiger partial charge in [-0.2, -0.15) is 0 Å². The molecule has 1 saturated carbocycles. The lowest BCUT2D eigenvalue weighted by atomic mass is 9.81. The lowest BCUT2D eigenvalue weighted by molar-refractivity contribution is -0.155. The number of nitrogens with zero attached hydrogens (tertiary/aromatic N) is 2. The lowest BCUT2D eigenvalue weighted by Gasteiger charge is -2.35. The van der Waals surface area contributed by atoms with Crippen LogP contribution in [0.4, 0.5) is 10.5 Å². The Morgan fingerprint density at radius 1 is 1.17 bits per heavy atom. The van der Waals surface area contributed by atoms with Gasteiger partial charge >= 0.3 is 12.0 Å². The van der Waals surface area contributed by atoms with Crippen molar-refractivity contribution in [3.8, 4) is 0 Å². The van der Waals surface area contributed by atoms with Crippen LogP contribution in [0.5, 0.6) is 0 Å². The summed E-state index contributed by atoms with van der Waals surface area (Å²) in [6.45, 7) is 4.80. The van der Waals surface area contributed by atoms with Crippen LogP contribution in [0.3, 0.4) is 0 Å². The fourth-order valence-electron chi connectivity index (χ4n) is 4.28. The van der Waals surface area contributed by atoms with Gasteiger partial charge in [0.25, 0.3) is 11.8 Å². The van der Waals surface area contributed by atoms with E-state index in [2.05, 4.69) is 5.32 Å². The summed E-state index contributed by atoms with van der Waals surface area (Å²) in [6, 6.07) is 5.11. The summed E-state index contributed by atoms with van der Waals surface area (Å²) < 4.78 is 5.20. The number of aryl methyl sites for hydroxylation is 2. The molecule has 1 aliphatic heterocycles. The summed E-state index contributed by atoms with van der Waals surface area (Å²) in [4.78, 5) is 52.7. The predicted molar refractivity (Wildman–Crippen MR) is 111 cm³/mol. The summed E-state index contributed by atoms with van der Waals surface area (Å²) in [5.74, 6) is -1.62. The number of benzene rings is 1. The highest BCUT2D eigenvalue weighted by Crippen LogP contribution is 2.39. The normalized spacial score (nSPS) is 19.2. The molecular formula is C22H29N3O5. The van der Waals surface area contributed by atoms with E-state index in [1.165, 1.54) is 11.8 Å². The topological polar surface area (TPSA) is 96.0 Å². The molecule has 1 N–H and O–H groups in total. The first-order chi connectivity index (χ1) is 14.2. The van der Waals surface area contributed by atoms with Gasteiger partial charge in [-0.25, -0.2) is 4.79 Å². The number of ether oxygens (including phenoxy) is 1.